The highest BCUT2D eigenvalue weighted by molar-refractivity contribution is 6.21. The molecule has 1 saturated carbocycles. The monoisotopic (exact) mass is 461 g/mol. The standard InChI is InChI=1S/C22H23NO10/c1-10(24)30-17-9-16(23-21(28)14-7-5-6-8-15(14)22(23)29)18(31-11(2)25)20(33-13(4)27)19(17)32-12(3)26/h5-8,16-20H,9H2,1-4H3/t16-,17-,18+,19+,20+/m0/s1. The lowest BCUT2D eigenvalue weighted by Gasteiger charge is -2.46. The first kappa shape index (κ1) is 23.9. The average Bonchev–Trinajstić information content (AvgIpc) is 2.96. The van der Waals surface area contributed by atoms with Gasteiger partial charge < -0.3 is 18.9 Å². The predicted octanol–water partition coefficient (Wildman–Crippen LogP) is 0.782. The summed E-state index contributed by atoms with van der Waals surface area (Å²) in [4.78, 5) is 74.5. The van der Waals surface area contributed by atoms with Gasteiger partial charge in [0, 0.05) is 34.1 Å². The zero-order chi connectivity index (χ0) is 24.4. The van der Waals surface area contributed by atoms with Crippen LogP contribution < -0.4 is 0 Å². The van der Waals surface area contributed by atoms with Crippen LogP contribution in [-0.2, 0) is 38.1 Å². The fraction of sp³-hybridized carbons (Fsp3) is 0.455. The third-order valence-electron chi connectivity index (χ3n) is 5.25. The van der Waals surface area contributed by atoms with E-state index in [9.17, 15) is 28.8 Å². The molecule has 0 saturated heterocycles. The van der Waals surface area contributed by atoms with Gasteiger partial charge in [-0.3, -0.25) is 33.7 Å². The highest BCUT2D eigenvalue weighted by atomic mass is 16.6. The van der Waals surface area contributed by atoms with Gasteiger partial charge in [0.15, 0.2) is 18.3 Å². The lowest BCUT2D eigenvalue weighted by Crippen LogP contribution is -2.65. The number of rotatable bonds is 5. The van der Waals surface area contributed by atoms with E-state index in [2.05, 4.69) is 0 Å². The van der Waals surface area contributed by atoms with Gasteiger partial charge in [-0.25, -0.2) is 0 Å². The van der Waals surface area contributed by atoms with E-state index in [1.807, 2.05) is 0 Å². The molecule has 0 N–H and O–H groups in total. The topological polar surface area (TPSA) is 143 Å². The van der Waals surface area contributed by atoms with Crippen LogP contribution in [0.25, 0.3) is 0 Å². The molecule has 1 aromatic carbocycles. The van der Waals surface area contributed by atoms with E-state index < -0.39 is 66.1 Å². The fourth-order valence-corrected chi connectivity index (χ4v) is 4.21. The third kappa shape index (κ3) is 4.86. The van der Waals surface area contributed by atoms with Crippen molar-refractivity contribution in [3.05, 3.63) is 35.4 Å². The number of imide groups is 1. The number of carbonyl (C=O) groups excluding carboxylic acids is 6. The van der Waals surface area contributed by atoms with Crippen LogP contribution in [0.4, 0.5) is 0 Å². The second kappa shape index (κ2) is 9.39. The van der Waals surface area contributed by atoms with E-state index in [0.717, 1.165) is 32.6 Å². The molecule has 1 fully saturated rings. The molecule has 33 heavy (non-hydrogen) atoms. The Hall–Kier alpha value is -3.76. The maximum atomic E-state index is 13.1. The van der Waals surface area contributed by atoms with E-state index >= 15 is 0 Å². The molecule has 1 aromatic rings. The maximum absolute atomic E-state index is 13.1. The Morgan fingerprint density at radius 2 is 1.12 bits per heavy atom. The van der Waals surface area contributed by atoms with E-state index in [1.165, 1.54) is 12.1 Å². The molecule has 2 aliphatic rings. The third-order valence-corrected chi connectivity index (χ3v) is 5.25. The summed E-state index contributed by atoms with van der Waals surface area (Å²) in [6.07, 6.45) is -5.60. The molecule has 1 aliphatic heterocycles. The minimum atomic E-state index is -1.46. The Kier molecular flexibility index (Phi) is 6.80. The number of ether oxygens (including phenoxy) is 4. The van der Waals surface area contributed by atoms with Crippen LogP contribution in [0.1, 0.15) is 54.8 Å². The Balaban J connectivity index is 2.10. The number of hydrogen-bond acceptors (Lipinski definition) is 10. The smallest absolute Gasteiger partial charge is 0.303 e. The summed E-state index contributed by atoms with van der Waals surface area (Å²) >= 11 is 0. The Morgan fingerprint density at radius 3 is 1.58 bits per heavy atom. The molecule has 11 nitrogen and oxygen atoms in total. The van der Waals surface area contributed by atoms with Gasteiger partial charge in [-0.1, -0.05) is 12.1 Å². The van der Waals surface area contributed by atoms with Gasteiger partial charge in [0.1, 0.15) is 6.10 Å². The fourth-order valence-electron chi connectivity index (χ4n) is 4.21. The van der Waals surface area contributed by atoms with Crippen molar-refractivity contribution < 1.29 is 47.7 Å². The molecule has 2 amide bonds. The van der Waals surface area contributed by atoms with Gasteiger partial charge in [-0.05, 0) is 12.1 Å². The average molecular weight is 461 g/mol. The Morgan fingerprint density at radius 1 is 0.697 bits per heavy atom. The molecule has 5 atom stereocenters. The predicted molar refractivity (Wildman–Crippen MR) is 108 cm³/mol. The summed E-state index contributed by atoms with van der Waals surface area (Å²) < 4.78 is 21.3. The van der Waals surface area contributed by atoms with Crippen molar-refractivity contribution in [1.29, 1.82) is 0 Å². The van der Waals surface area contributed by atoms with Crippen molar-refractivity contribution in [1.82, 2.24) is 4.90 Å². The van der Waals surface area contributed by atoms with Crippen molar-refractivity contribution >= 4 is 35.7 Å². The molecule has 176 valence electrons. The molecule has 1 aliphatic carbocycles. The first-order valence-corrected chi connectivity index (χ1v) is 10.2. The minimum absolute atomic E-state index is 0.152. The van der Waals surface area contributed by atoms with Crippen LogP contribution in [0.15, 0.2) is 24.3 Å². The van der Waals surface area contributed by atoms with Gasteiger partial charge in [0.2, 0.25) is 0 Å². The number of nitrogens with zero attached hydrogens (tertiary/aromatic N) is 1. The van der Waals surface area contributed by atoms with Gasteiger partial charge in [0.05, 0.1) is 17.2 Å². The normalized spacial score (nSPS) is 26.3. The number of benzene rings is 1. The van der Waals surface area contributed by atoms with Crippen molar-refractivity contribution in [2.24, 2.45) is 0 Å². The zero-order valence-corrected chi connectivity index (χ0v) is 18.4. The Bertz CT molecular complexity index is 983. The molecule has 1 heterocycles. The van der Waals surface area contributed by atoms with Crippen LogP contribution in [0, 0.1) is 0 Å². The zero-order valence-electron chi connectivity index (χ0n) is 18.4. The highest BCUT2D eigenvalue weighted by Gasteiger charge is 2.57. The largest absolute Gasteiger partial charge is 0.458 e. The lowest BCUT2D eigenvalue weighted by molar-refractivity contribution is -0.216. The molecule has 0 unspecified atom stereocenters. The highest BCUT2D eigenvalue weighted by Crippen LogP contribution is 2.36. The van der Waals surface area contributed by atoms with E-state index in [0.29, 0.717) is 0 Å². The van der Waals surface area contributed by atoms with Crippen molar-refractivity contribution in [2.75, 3.05) is 0 Å². The lowest BCUT2D eigenvalue weighted by atomic mass is 9.83. The molecule has 0 radical (unpaired) electrons. The number of amides is 2. The summed E-state index contributed by atoms with van der Waals surface area (Å²) in [5.41, 5.74) is 0.304. The van der Waals surface area contributed by atoms with Gasteiger partial charge in [-0.2, -0.15) is 0 Å². The molecule has 0 aromatic heterocycles. The number of fused-ring (bicyclic) bond motifs is 1. The van der Waals surface area contributed by atoms with Gasteiger partial charge >= 0.3 is 23.9 Å². The summed E-state index contributed by atoms with van der Waals surface area (Å²) in [5, 5.41) is 0. The van der Waals surface area contributed by atoms with E-state index in [4.69, 9.17) is 18.9 Å². The second-order valence-electron chi connectivity index (χ2n) is 7.70. The number of esters is 4. The van der Waals surface area contributed by atoms with E-state index in [-0.39, 0.29) is 17.5 Å². The molecule has 3 rings (SSSR count). The Labute approximate surface area is 188 Å². The van der Waals surface area contributed by atoms with Crippen LogP contribution in [0.3, 0.4) is 0 Å². The minimum Gasteiger partial charge on any atom is -0.458 e. The molecular weight excluding hydrogens is 438 g/mol. The van der Waals surface area contributed by atoms with Crippen molar-refractivity contribution in [3.63, 3.8) is 0 Å². The van der Waals surface area contributed by atoms with Gasteiger partial charge in [0.25, 0.3) is 11.8 Å². The van der Waals surface area contributed by atoms with Gasteiger partial charge in [-0.15, -0.1) is 0 Å². The molecular formula is C22H23NO10. The van der Waals surface area contributed by atoms with Crippen LogP contribution in [0.5, 0.6) is 0 Å². The summed E-state index contributed by atoms with van der Waals surface area (Å²) in [6, 6.07) is 4.97. The molecule has 11 heteroatoms. The van der Waals surface area contributed by atoms with Crippen molar-refractivity contribution in [2.45, 2.75) is 64.6 Å². The van der Waals surface area contributed by atoms with Crippen LogP contribution in [-0.4, -0.2) is 71.0 Å². The van der Waals surface area contributed by atoms with E-state index in [1.54, 1.807) is 12.1 Å². The maximum Gasteiger partial charge on any atom is 0.303 e. The van der Waals surface area contributed by atoms with Crippen molar-refractivity contribution in [3.8, 4) is 0 Å². The first-order chi connectivity index (χ1) is 15.5. The quantitative estimate of drug-likeness (QED) is 0.351. The molecule has 0 bridgehead atoms. The second-order valence-corrected chi connectivity index (χ2v) is 7.70. The SMILES string of the molecule is CC(=O)O[C@H]1[C@H](OC(C)=O)[C@@H](OC(C)=O)C[C@H](N2C(=O)c3ccccc3C2=O)[C@H]1OC(C)=O. The van der Waals surface area contributed by atoms with Crippen LogP contribution in [0.2, 0.25) is 0 Å². The molecule has 0 spiro atoms. The summed E-state index contributed by atoms with van der Waals surface area (Å²) in [6.45, 7) is 4.42. The first-order valence-electron chi connectivity index (χ1n) is 10.2. The summed E-state index contributed by atoms with van der Waals surface area (Å²) in [5.74, 6) is -4.38. The van der Waals surface area contributed by atoms with Crippen LogP contribution >= 0.6 is 0 Å². The number of carbonyl (C=O) groups is 6. The summed E-state index contributed by atoms with van der Waals surface area (Å²) in [7, 11) is 0. The number of hydrogen-bond donors (Lipinski definition) is 0.